The number of hydrogen-bond donors (Lipinski definition) is 0. The summed E-state index contributed by atoms with van der Waals surface area (Å²) < 4.78 is 7.75. The zero-order chi connectivity index (χ0) is 13.1. The van der Waals surface area contributed by atoms with E-state index in [1.807, 2.05) is 26.1 Å². The van der Waals surface area contributed by atoms with Gasteiger partial charge in [0.05, 0.1) is 5.69 Å². The second-order valence-electron chi connectivity index (χ2n) is 4.23. The Bertz CT molecular complexity index is 549. The van der Waals surface area contributed by atoms with Gasteiger partial charge in [-0.25, -0.2) is 4.68 Å². The number of rotatable bonds is 4. The van der Waals surface area contributed by atoms with Gasteiger partial charge in [-0.05, 0) is 31.0 Å². The molecule has 2 aromatic rings. The smallest absolute Gasteiger partial charge is 0.221 e. The second-order valence-corrected chi connectivity index (χ2v) is 4.79. The van der Waals surface area contributed by atoms with Crippen molar-refractivity contribution >= 4 is 15.9 Å². The first-order valence-electron chi connectivity index (χ1n) is 6.01. The van der Waals surface area contributed by atoms with E-state index >= 15 is 0 Å². The standard InChI is InChI=1S/C14H17BrN2O/c1-4-11-6-5-7-12(8-11)18-14-13(9-15)10(2)16-17(14)3/h5-8H,4,9H2,1-3H3. The number of aryl methyl sites for hydroxylation is 3. The van der Waals surface area contributed by atoms with Crippen molar-refractivity contribution in [2.45, 2.75) is 25.6 Å². The van der Waals surface area contributed by atoms with Gasteiger partial charge in [-0.2, -0.15) is 5.10 Å². The molecule has 2 rings (SSSR count). The summed E-state index contributed by atoms with van der Waals surface area (Å²) in [5, 5.41) is 5.13. The van der Waals surface area contributed by atoms with Gasteiger partial charge in [0.25, 0.3) is 0 Å². The third-order valence-electron chi connectivity index (χ3n) is 2.94. The lowest BCUT2D eigenvalue weighted by Crippen LogP contribution is -1.96. The van der Waals surface area contributed by atoms with E-state index in [1.165, 1.54) is 5.56 Å². The van der Waals surface area contributed by atoms with Crippen LogP contribution in [0.3, 0.4) is 0 Å². The van der Waals surface area contributed by atoms with Crippen LogP contribution in [0.1, 0.15) is 23.7 Å². The van der Waals surface area contributed by atoms with Gasteiger partial charge in [0.2, 0.25) is 5.88 Å². The molecule has 1 heterocycles. The monoisotopic (exact) mass is 308 g/mol. The highest BCUT2D eigenvalue weighted by atomic mass is 79.9. The number of benzene rings is 1. The van der Waals surface area contributed by atoms with Crippen molar-refractivity contribution in [1.29, 1.82) is 0 Å². The zero-order valence-electron chi connectivity index (χ0n) is 10.9. The van der Waals surface area contributed by atoms with Crippen LogP contribution >= 0.6 is 15.9 Å². The minimum atomic E-state index is 0.746. The Labute approximate surface area is 116 Å². The summed E-state index contributed by atoms with van der Waals surface area (Å²) in [7, 11) is 1.90. The molecule has 0 aliphatic heterocycles. The molecule has 0 bridgehead atoms. The molecule has 0 saturated carbocycles. The molecule has 0 unspecified atom stereocenters. The topological polar surface area (TPSA) is 27.1 Å². The quantitative estimate of drug-likeness (QED) is 0.799. The highest BCUT2D eigenvalue weighted by molar-refractivity contribution is 9.08. The molecule has 4 heteroatoms. The highest BCUT2D eigenvalue weighted by Gasteiger charge is 2.14. The largest absolute Gasteiger partial charge is 0.439 e. The first-order valence-corrected chi connectivity index (χ1v) is 7.13. The number of aromatic nitrogens is 2. The molecular formula is C14H17BrN2O. The summed E-state index contributed by atoms with van der Waals surface area (Å²) in [6.07, 6.45) is 1.01. The van der Waals surface area contributed by atoms with Gasteiger partial charge in [-0.1, -0.05) is 35.0 Å². The number of alkyl halides is 1. The van der Waals surface area contributed by atoms with Crippen LogP contribution < -0.4 is 4.74 Å². The molecule has 1 aromatic carbocycles. The fourth-order valence-electron chi connectivity index (χ4n) is 1.90. The Morgan fingerprint density at radius 3 is 2.83 bits per heavy atom. The van der Waals surface area contributed by atoms with Gasteiger partial charge in [0.1, 0.15) is 5.75 Å². The first kappa shape index (κ1) is 13.1. The van der Waals surface area contributed by atoms with E-state index in [0.29, 0.717) is 0 Å². The Morgan fingerprint density at radius 2 is 2.17 bits per heavy atom. The van der Waals surface area contributed by atoms with E-state index in [9.17, 15) is 0 Å². The normalized spacial score (nSPS) is 10.7. The van der Waals surface area contributed by atoms with Crippen LogP contribution in [0.2, 0.25) is 0 Å². The summed E-state index contributed by atoms with van der Waals surface area (Å²) >= 11 is 3.48. The molecule has 18 heavy (non-hydrogen) atoms. The molecule has 0 aliphatic carbocycles. The molecule has 0 aliphatic rings. The van der Waals surface area contributed by atoms with E-state index in [0.717, 1.165) is 34.6 Å². The number of nitrogens with zero attached hydrogens (tertiary/aromatic N) is 2. The van der Waals surface area contributed by atoms with Crippen LogP contribution in [0.15, 0.2) is 24.3 Å². The van der Waals surface area contributed by atoms with Crippen LogP contribution in [0.25, 0.3) is 0 Å². The molecule has 0 atom stereocenters. The fourth-order valence-corrected chi connectivity index (χ4v) is 2.55. The highest BCUT2D eigenvalue weighted by Crippen LogP contribution is 2.29. The SMILES string of the molecule is CCc1cccc(Oc2c(CBr)c(C)nn2C)c1. The van der Waals surface area contributed by atoms with Crippen molar-refractivity contribution in [3.05, 3.63) is 41.1 Å². The third-order valence-corrected chi connectivity index (χ3v) is 3.50. The Balaban J connectivity index is 2.33. The van der Waals surface area contributed by atoms with Gasteiger partial charge in [-0.15, -0.1) is 0 Å². The molecule has 1 aromatic heterocycles. The molecule has 0 spiro atoms. The summed E-state index contributed by atoms with van der Waals surface area (Å²) in [5.41, 5.74) is 3.36. The van der Waals surface area contributed by atoms with Crippen molar-refractivity contribution < 1.29 is 4.74 Å². The minimum Gasteiger partial charge on any atom is -0.439 e. The molecule has 0 saturated heterocycles. The molecule has 0 amide bonds. The van der Waals surface area contributed by atoms with Crippen LogP contribution in [-0.2, 0) is 18.8 Å². The number of halogens is 1. The van der Waals surface area contributed by atoms with Crippen LogP contribution in [0.5, 0.6) is 11.6 Å². The van der Waals surface area contributed by atoms with Crippen molar-refractivity contribution in [2.24, 2.45) is 7.05 Å². The minimum absolute atomic E-state index is 0.746. The summed E-state index contributed by atoms with van der Waals surface area (Å²) in [4.78, 5) is 0. The molecule has 0 N–H and O–H groups in total. The average Bonchev–Trinajstić information content (AvgIpc) is 2.64. The van der Waals surface area contributed by atoms with Crippen LogP contribution in [0.4, 0.5) is 0 Å². The van der Waals surface area contributed by atoms with E-state index in [1.54, 1.807) is 4.68 Å². The van der Waals surface area contributed by atoms with Crippen molar-refractivity contribution in [1.82, 2.24) is 9.78 Å². The van der Waals surface area contributed by atoms with Gasteiger partial charge in [0, 0.05) is 17.9 Å². The number of hydrogen-bond acceptors (Lipinski definition) is 2. The Hall–Kier alpha value is -1.29. The molecule has 0 fully saturated rings. The van der Waals surface area contributed by atoms with Gasteiger partial charge in [0.15, 0.2) is 0 Å². The lowest BCUT2D eigenvalue weighted by atomic mass is 10.2. The average molecular weight is 309 g/mol. The number of ether oxygens (including phenoxy) is 1. The summed E-state index contributed by atoms with van der Waals surface area (Å²) in [6.45, 7) is 4.13. The predicted molar refractivity (Wildman–Crippen MR) is 76.5 cm³/mol. The van der Waals surface area contributed by atoms with E-state index in [4.69, 9.17) is 4.74 Å². The maximum Gasteiger partial charge on any atom is 0.221 e. The van der Waals surface area contributed by atoms with Crippen LogP contribution in [-0.4, -0.2) is 9.78 Å². The van der Waals surface area contributed by atoms with Gasteiger partial charge in [-0.3, -0.25) is 0 Å². The van der Waals surface area contributed by atoms with E-state index in [-0.39, 0.29) is 0 Å². The van der Waals surface area contributed by atoms with Crippen molar-refractivity contribution in [2.75, 3.05) is 0 Å². The second kappa shape index (κ2) is 5.57. The summed E-state index contributed by atoms with van der Waals surface area (Å²) in [6, 6.07) is 8.16. The Morgan fingerprint density at radius 1 is 1.39 bits per heavy atom. The van der Waals surface area contributed by atoms with Crippen molar-refractivity contribution in [3.8, 4) is 11.6 Å². The first-order chi connectivity index (χ1) is 8.65. The molecule has 0 radical (unpaired) electrons. The maximum atomic E-state index is 5.96. The zero-order valence-corrected chi connectivity index (χ0v) is 12.5. The Kier molecular flexibility index (Phi) is 4.07. The van der Waals surface area contributed by atoms with Crippen LogP contribution in [0, 0.1) is 6.92 Å². The molecule has 96 valence electrons. The maximum absolute atomic E-state index is 5.96. The van der Waals surface area contributed by atoms with E-state index in [2.05, 4.69) is 40.1 Å². The fraction of sp³-hybridized carbons (Fsp3) is 0.357. The molecule has 3 nitrogen and oxygen atoms in total. The lowest BCUT2D eigenvalue weighted by molar-refractivity contribution is 0.427. The van der Waals surface area contributed by atoms with Crippen molar-refractivity contribution in [3.63, 3.8) is 0 Å². The van der Waals surface area contributed by atoms with E-state index < -0.39 is 0 Å². The third kappa shape index (κ3) is 2.58. The van der Waals surface area contributed by atoms with Gasteiger partial charge < -0.3 is 4.74 Å². The summed E-state index contributed by atoms with van der Waals surface area (Å²) in [5.74, 6) is 1.66. The predicted octanol–water partition coefficient (Wildman–Crippen LogP) is 3.98. The molecular weight excluding hydrogens is 292 g/mol. The van der Waals surface area contributed by atoms with Gasteiger partial charge >= 0.3 is 0 Å². The lowest BCUT2D eigenvalue weighted by Gasteiger charge is -2.08.